The number of benzene rings is 1. The fraction of sp³-hybridized carbons (Fsp3) is 0.188. The van der Waals surface area contributed by atoms with Gasteiger partial charge in [0.25, 0.3) is 5.91 Å². The maximum absolute atomic E-state index is 12.5. The van der Waals surface area contributed by atoms with Gasteiger partial charge in [0, 0.05) is 11.8 Å². The zero-order valence-corrected chi connectivity index (χ0v) is 17.2. The molecular weight excluding hydrogens is 438 g/mol. The Labute approximate surface area is 176 Å². The minimum absolute atomic E-state index is 0.112. The third-order valence-corrected chi connectivity index (χ3v) is 4.34. The van der Waals surface area contributed by atoms with Crippen LogP contribution in [0.25, 0.3) is 0 Å². The number of nitrogens with zero attached hydrogens (tertiary/aromatic N) is 1. The Morgan fingerprint density at radius 1 is 1.15 bits per heavy atom. The van der Waals surface area contributed by atoms with Crippen molar-refractivity contribution >= 4 is 75.5 Å². The number of halogens is 4. The van der Waals surface area contributed by atoms with E-state index in [1.165, 1.54) is 6.20 Å². The van der Waals surface area contributed by atoms with Crippen LogP contribution in [0.2, 0.25) is 5.02 Å². The molecule has 0 bridgehead atoms. The highest BCUT2D eigenvalue weighted by atomic mass is 35.6. The van der Waals surface area contributed by atoms with E-state index in [1.54, 1.807) is 24.3 Å². The Morgan fingerprint density at radius 2 is 1.85 bits per heavy atom. The van der Waals surface area contributed by atoms with Crippen LogP contribution in [0.3, 0.4) is 0 Å². The molecule has 2 aromatic rings. The van der Waals surface area contributed by atoms with Crippen molar-refractivity contribution in [2.75, 3.05) is 5.32 Å². The SMILES string of the molecule is Cc1ccccc1C(=O)N[C@@H](NC(=S)Nc1ccc(Cl)cn1)C(Cl)(Cl)Cl. The van der Waals surface area contributed by atoms with Gasteiger partial charge in [0.15, 0.2) is 5.11 Å². The molecule has 0 aliphatic rings. The number of hydrogen-bond donors (Lipinski definition) is 3. The van der Waals surface area contributed by atoms with Crippen LogP contribution in [-0.2, 0) is 0 Å². The third kappa shape index (κ3) is 6.14. The first-order chi connectivity index (χ1) is 12.2. The number of carbonyl (C=O) groups excluding carboxylic acids is 1. The molecule has 2 rings (SSSR count). The second kappa shape index (κ2) is 9.06. The Kier molecular flexibility index (Phi) is 7.32. The summed E-state index contributed by atoms with van der Waals surface area (Å²) in [7, 11) is 0. The maximum atomic E-state index is 12.5. The molecule has 1 atom stereocenters. The van der Waals surface area contributed by atoms with Gasteiger partial charge in [-0.05, 0) is 42.9 Å². The summed E-state index contributed by atoms with van der Waals surface area (Å²) < 4.78 is -1.85. The summed E-state index contributed by atoms with van der Waals surface area (Å²) in [4.78, 5) is 16.5. The zero-order chi connectivity index (χ0) is 19.3. The van der Waals surface area contributed by atoms with E-state index < -0.39 is 15.9 Å². The van der Waals surface area contributed by atoms with Crippen molar-refractivity contribution in [1.82, 2.24) is 15.6 Å². The molecule has 0 fully saturated rings. The van der Waals surface area contributed by atoms with Gasteiger partial charge >= 0.3 is 0 Å². The number of alkyl halides is 3. The zero-order valence-electron chi connectivity index (χ0n) is 13.4. The summed E-state index contributed by atoms with van der Waals surface area (Å²) >= 11 is 28.9. The summed E-state index contributed by atoms with van der Waals surface area (Å²) in [5.41, 5.74) is 1.26. The minimum atomic E-state index is -1.85. The standard InChI is InChI=1S/C16H14Cl4N4OS/c1-9-4-2-3-5-11(9)13(25)23-14(16(18,19)20)24-15(26)22-12-7-6-10(17)8-21-12/h2-8,14H,1H3,(H,23,25)(H2,21,22,24,26)/t14-/m0/s1. The number of carbonyl (C=O) groups is 1. The molecule has 0 aliphatic carbocycles. The number of hydrogen-bond acceptors (Lipinski definition) is 3. The Hall–Kier alpha value is -1.31. The predicted octanol–water partition coefficient (Wildman–Crippen LogP) is 4.46. The van der Waals surface area contributed by atoms with E-state index in [0.29, 0.717) is 16.4 Å². The fourth-order valence-corrected chi connectivity index (χ4v) is 2.63. The number of anilines is 1. The second-order valence-corrected chi connectivity index (χ2v) is 8.44. The van der Waals surface area contributed by atoms with Crippen LogP contribution in [0.15, 0.2) is 42.6 Å². The summed E-state index contributed by atoms with van der Waals surface area (Å²) in [6, 6.07) is 10.3. The molecule has 0 saturated heterocycles. The first-order valence-electron chi connectivity index (χ1n) is 7.29. The lowest BCUT2D eigenvalue weighted by molar-refractivity contribution is 0.0934. The van der Waals surface area contributed by atoms with Crippen molar-refractivity contribution < 1.29 is 4.79 Å². The normalized spacial score (nSPS) is 12.2. The first kappa shape index (κ1) is 21.0. The van der Waals surface area contributed by atoms with Crippen LogP contribution < -0.4 is 16.0 Å². The molecule has 1 aromatic heterocycles. The highest BCUT2D eigenvalue weighted by Gasteiger charge is 2.35. The Morgan fingerprint density at radius 3 is 2.42 bits per heavy atom. The van der Waals surface area contributed by atoms with Gasteiger partial charge < -0.3 is 16.0 Å². The van der Waals surface area contributed by atoms with E-state index in [-0.39, 0.29) is 5.11 Å². The maximum Gasteiger partial charge on any atom is 0.253 e. The molecule has 0 saturated carbocycles. The lowest BCUT2D eigenvalue weighted by Gasteiger charge is -2.28. The van der Waals surface area contributed by atoms with E-state index in [1.807, 2.05) is 19.1 Å². The number of thiocarbonyl (C=S) groups is 1. The largest absolute Gasteiger partial charge is 0.339 e. The number of pyridine rings is 1. The van der Waals surface area contributed by atoms with Crippen LogP contribution in [0.5, 0.6) is 0 Å². The summed E-state index contributed by atoms with van der Waals surface area (Å²) in [6.45, 7) is 1.81. The quantitative estimate of drug-likeness (QED) is 0.364. The van der Waals surface area contributed by atoms with Gasteiger partial charge in [-0.25, -0.2) is 4.98 Å². The molecule has 0 spiro atoms. The van der Waals surface area contributed by atoms with Gasteiger partial charge in [0.2, 0.25) is 3.79 Å². The molecule has 10 heteroatoms. The van der Waals surface area contributed by atoms with E-state index in [0.717, 1.165) is 5.56 Å². The fourth-order valence-electron chi connectivity index (χ4n) is 1.97. The number of aromatic nitrogens is 1. The van der Waals surface area contributed by atoms with Crippen LogP contribution >= 0.6 is 58.6 Å². The van der Waals surface area contributed by atoms with Crippen molar-refractivity contribution in [2.24, 2.45) is 0 Å². The highest BCUT2D eigenvalue weighted by molar-refractivity contribution is 7.80. The lowest BCUT2D eigenvalue weighted by atomic mass is 10.1. The Bertz CT molecular complexity index is 796. The molecule has 1 amide bonds. The van der Waals surface area contributed by atoms with Crippen molar-refractivity contribution in [3.63, 3.8) is 0 Å². The predicted molar refractivity (Wildman–Crippen MR) is 111 cm³/mol. The smallest absolute Gasteiger partial charge is 0.253 e. The van der Waals surface area contributed by atoms with Crippen molar-refractivity contribution in [3.8, 4) is 0 Å². The molecule has 1 aromatic carbocycles. The third-order valence-electron chi connectivity index (χ3n) is 3.24. The number of amides is 1. The van der Waals surface area contributed by atoms with Crippen LogP contribution in [0.4, 0.5) is 5.82 Å². The van der Waals surface area contributed by atoms with Gasteiger partial charge in [0.1, 0.15) is 12.0 Å². The summed E-state index contributed by atoms with van der Waals surface area (Å²) in [5.74, 6) is 0.0412. The van der Waals surface area contributed by atoms with Crippen molar-refractivity contribution in [2.45, 2.75) is 16.9 Å². The lowest BCUT2D eigenvalue weighted by Crippen LogP contribution is -2.56. The van der Waals surface area contributed by atoms with E-state index in [4.69, 9.17) is 58.6 Å². The van der Waals surface area contributed by atoms with Gasteiger partial charge in [-0.1, -0.05) is 64.6 Å². The summed E-state index contributed by atoms with van der Waals surface area (Å²) in [6.07, 6.45) is 0.380. The topological polar surface area (TPSA) is 66.1 Å². The average Bonchev–Trinajstić information content (AvgIpc) is 2.56. The Balaban J connectivity index is 2.07. The van der Waals surface area contributed by atoms with E-state index in [9.17, 15) is 4.79 Å². The molecule has 0 aliphatic heterocycles. The molecule has 5 nitrogen and oxygen atoms in total. The molecule has 3 N–H and O–H groups in total. The molecule has 26 heavy (non-hydrogen) atoms. The van der Waals surface area contributed by atoms with Crippen molar-refractivity contribution in [1.29, 1.82) is 0 Å². The second-order valence-electron chi connectivity index (χ2n) is 5.22. The minimum Gasteiger partial charge on any atom is -0.339 e. The van der Waals surface area contributed by atoms with Gasteiger partial charge in [0.05, 0.1) is 5.02 Å². The number of nitrogens with one attached hydrogen (secondary N) is 3. The first-order valence-corrected chi connectivity index (χ1v) is 9.21. The van der Waals surface area contributed by atoms with Gasteiger partial charge in [-0.3, -0.25) is 4.79 Å². The van der Waals surface area contributed by atoms with Crippen LogP contribution in [0, 0.1) is 6.92 Å². The molecule has 0 unspecified atom stereocenters. The number of rotatable bonds is 4. The van der Waals surface area contributed by atoms with Gasteiger partial charge in [-0.15, -0.1) is 0 Å². The van der Waals surface area contributed by atoms with Crippen LogP contribution in [-0.4, -0.2) is 26.0 Å². The molecule has 0 radical (unpaired) electrons. The monoisotopic (exact) mass is 450 g/mol. The highest BCUT2D eigenvalue weighted by Crippen LogP contribution is 2.29. The summed E-state index contributed by atoms with van der Waals surface area (Å²) in [5, 5.41) is 8.80. The van der Waals surface area contributed by atoms with Crippen molar-refractivity contribution in [3.05, 3.63) is 58.7 Å². The molecule has 138 valence electrons. The average molecular weight is 452 g/mol. The van der Waals surface area contributed by atoms with E-state index in [2.05, 4.69) is 20.9 Å². The van der Waals surface area contributed by atoms with Gasteiger partial charge in [-0.2, -0.15) is 0 Å². The molecular formula is C16H14Cl4N4OS. The number of aryl methyl sites for hydroxylation is 1. The molecule has 1 heterocycles. The van der Waals surface area contributed by atoms with Crippen LogP contribution in [0.1, 0.15) is 15.9 Å². The van der Waals surface area contributed by atoms with E-state index >= 15 is 0 Å².